The zero-order valence-electron chi connectivity index (χ0n) is 9.99. The summed E-state index contributed by atoms with van der Waals surface area (Å²) >= 11 is 0. The third-order valence-electron chi connectivity index (χ3n) is 3.51. The predicted molar refractivity (Wildman–Crippen MR) is 60.8 cm³/mol. The van der Waals surface area contributed by atoms with Crippen LogP contribution in [0.4, 0.5) is 0 Å². The molecule has 0 radical (unpaired) electrons. The number of carboxylic acids is 1. The van der Waals surface area contributed by atoms with Crippen molar-refractivity contribution in [1.29, 1.82) is 0 Å². The van der Waals surface area contributed by atoms with Crippen molar-refractivity contribution in [3.8, 4) is 0 Å². The van der Waals surface area contributed by atoms with E-state index in [9.17, 15) is 4.79 Å². The van der Waals surface area contributed by atoms with Crippen LogP contribution in [-0.2, 0) is 4.79 Å². The highest BCUT2D eigenvalue weighted by atomic mass is 16.4. The maximum Gasteiger partial charge on any atom is 0.320 e. The Bertz CT molecular complexity index is 216. The van der Waals surface area contributed by atoms with E-state index in [-0.39, 0.29) is 0 Å². The lowest BCUT2D eigenvalue weighted by Gasteiger charge is -2.33. The van der Waals surface area contributed by atoms with Gasteiger partial charge < -0.3 is 10.4 Å². The molecule has 3 nitrogen and oxygen atoms in total. The van der Waals surface area contributed by atoms with Crippen LogP contribution in [0.25, 0.3) is 0 Å². The molecule has 0 saturated heterocycles. The van der Waals surface area contributed by atoms with Crippen LogP contribution in [0.1, 0.15) is 46.5 Å². The van der Waals surface area contributed by atoms with Gasteiger partial charge in [-0.2, -0.15) is 0 Å². The minimum Gasteiger partial charge on any atom is -0.480 e. The Labute approximate surface area is 92.3 Å². The van der Waals surface area contributed by atoms with E-state index in [2.05, 4.69) is 19.2 Å². The van der Waals surface area contributed by atoms with E-state index in [0.29, 0.717) is 6.04 Å². The van der Waals surface area contributed by atoms with Crippen molar-refractivity contribution in [3.63, 3.8) is 0 Å². The molecule has 15 heavy (non-hydrogen) atoms. The van der Waals surface area contributed by atoms with E-state index >= 15 is 0 Å². The Morgan fingerprint density at radius 1 is 1.33 bits per heavy atom. The van der Waals surface area contributed by atoms with Crippen LogP contribution in [0, 0.1) is 11.8 Å². The average Bonchev–Trinajstić information content (AvgIpc) is 2.18. The molecule has 88 valence electrons. The molecule has 3 atom stereocenters. The van der Waals surface area contributed by atoms with Gasteiger partial charge in [0.05, 0.1) is 0 Å². The third kappa shape index (κ3) is 3.82. The smallest absolute Gasteiger partial charge is 0.320 e. The first-order chi connectivity index (χ1) is 7.00. The van der Waals surface area contributed by atoms with E-state index in [1.54, 1.807) is 6.92 Å². The van der Waals surface area contributed by atoms with Crippen LogP contribution >= 0.6 is 0 Å². The molecule has 2 N–H and O–H groups in total. The highest BCUT2D eigenvalue weighted by Gasteiger charge is 2.26. The van der Waals surface area contributed by atoms with Crippen molar-refractivity contribution >= 4 is 5.97 Å². The van der Waals surface area contributed by atoms with Crippen LogP contribution in [0.2, 0.25) is 0 Å². The zero-order chi connectivity index (χ0) is 11.4. The lowest BCUT2D eigenvalue weighted by molar-refractivity contribution is -0.139. The first kappa shape index (κ1) is 12.5. The number of aliphatic carboxylic acids is 1. The Morgan fingerprint density at radius 3 is 2.53 bits per heavy atom. The fourth-order valence-corrected chi connectivity index (χ4v) is 2.41. The van der Waals surface area contributed by atoms with Gasteiger partial charge in [-0.05, 0) is 31.6 Å². The van der Waals surface area contributed by atoms with Gasteiger partial charge in [0.25, 0.3) is 0 Å². The molecule has 3 heteroatoms. The van der Waals surface area contributed by atoms with E-state index < -0.39 is 12.0 Å². The molecule has 0 spiro atoms. The minimum absolute atomic E-state index is 0.400. The lowest BCUT2D eigenvalue weighted by atomic mass is 9.79. The summed E-state index contributed by atoms with van der Waals surface area (Å²) in [7, 11) is 0. The molecule has 0 aliphatic heterocycles. The summed E-state index contributed by atoms with van der Waals surface area (Å²) in [5.41, 5.74) is 0. The second-order valence-corrected chi connectivity index (χ2v) is 5.09. The molecule has 0 heterocycles. The summed E-state index contributed by atoms with van der Waals surface area (Å²) in [4.78, 5) is 10.7. The van der Waals surface area contributed by atoms with Crippen molar-refractivity contribution in [1.82, 2.24) is 5.32 Å². The molecule has 0 aromatic carbocycles. The summed E-state index contributed by atoms with van der Waals surface area (Å²) in [6.45, 7) is 6.24. The number of hydrogen-bond acceptors (Lipinski definition) is 2. The first-order valence-corrected chi connectivity index (χ1v) is 5.99. The van der Waals surface area contributed by atoms with Crippen LogP contribution in [-0.4, -0.2) is 23.2 Å². The molecular formula is C12H23NO2. The van der Waals surface area contributed by atoms with Crippen LogP contribution in [0.5, 0.6) is 0 Å². The van der Waals surface area contributed by atoms with Gasteiger partial charge in [-0.3, -0.25) is 4.79 Å². The summed E-state index contributed by atoms with van der Waals surface area (Å²) in [5, 5.41) is 12.0. The Hall–Kier alpha value is -0.570. The third-order valence-corrected chi connectivity index (χ3v) is 3.51. The van der Waals surface area contributed by atoms with E-state index in [1.165, 1.54) is 12.8 Å². The molecular weight excluding hydrogens is 190 g/mol. The largest absolute Gasteiger partial charge is 0.480 e. The van der Waals surface area contributed by atoms with Gasteiger partial charge >= 0.3 is 5.97 Å². The number of carbonyl (C=O) groups is 1. The van der Waals surface area contributed by atoms with Crippen LogP contribution in [0.3, 0.4) is 0 Å². The Balaban J connectivity index is 2.39. The van der Waals surface area contributed by atoms with Gasteiger partial charge in [0, 0.05) is 6.04 Å². The fraction of sp³-hybridized carbons (Fsp3) is 0.917. The molecule has 0 bridgehead atoms. The number of carboxylic acid groups (broad SMARTS) is 1. The standard InChI is InChI=1S/C12H23NO2/c1-8(2)10-5-4-6-11(7-10)13-9(3)12(14)15/h8-11,13H,4-7H2,1-3H3,(H,14,15)/t9-,10?,11?/m1/s1. The molecule has 0 amide bonds. The van der Waals surface area contributed by atoms with E-state index in [1.807, 2.05) is 0 Å². The summed E-state index contributed by atoms with van der Waals surface area (Å²) in [5.74, 6) is 0.730. The molecule has 0 aromatic heterocycles. The molecule has 1 rings (SSSR count). The van der Waals surface area contributed by atoms with Crippen molar-refractivity contribution in [3.05, 3.63) is 0 Å². The second-order valence-electron chi connectivity index (χ2n) is 5.09. The van der Waals surface area contributed by atoms with E-state index in [4.69, 9.17) is 5.11 Å². The highest BCUT2D eigenvalue weighted by molar-refractivity contribution is 5.72. The Kier molecular flexibility index (Phi) is 4.58. The van der Waals surface area contributed by atoms with Gasteiger partial charge in [0.2, 0.25) is 0 Å². The van der Waals surface area contributed by atoms with Gasteiger partial charge in [-0.1, -0.05) is 26.7 Å². The Morgan fingerprint density at radius 2 is 2.00 bits per heavy atom. The first-order valence-electron chi connectivity index (χ1n) is 5.99. The molecule has 1 saturated carbocycles. The molecule has 1 aliphatic carbocycles. The maximum absolute atomic E-state index is 10.7. The average molecular weight is 213 g/mol. The topological polar surface area (TPSA) is 49.3 Å². The van der Waals surface area contributed by atoms with Crippen molar-refractivity contribution in [2.75, 3.05) is 0 Å². The molecule has 1 fully saturated rings. The number of rotatable bonds is 4. The normalized spacial score (nSPS) is 29.1. The summed E-state index contributed by atoms with van der Waals surface area (Å²) in [6.07, 6.45) is 4.79. The molecule has 2 unspecified atom stereocenters. The number of hydrogen-bond donors (Lipinski definition) is 2. The van der Waals surface area contributed by atoms with Crippen LogP contribution in [0.15, 0.2) is 0 Å². The van der Waals surface area contributed by atoms with E-state index in [0.717, 1.165) is 24.7 Å². The summed E-state index contributed by atoms with van der Waals surface area (Å²) < 4.78 is 0. The van der Waals surface area contributed by atoms with Gasteiger partial charge in [-0.15, -0.1) is 0 Å². The minimum atomic E-state index is -0.748. The van der Waals surface area contributed by atoms with Crippen molar-refractivity contribution < 1.29 is 9.90 Å². The monoisotopic (exact) mass is 213 g/mol. The maximum atomic E-state index is 10.7. The van der Waals surface area contributed by atoms with Gasteiger partial charge in [-0.25, -0.2) is 0 Å². The molecule has 0 aromatic rings. The van der Waals surface area contributed by atoms with Crippen molar-refractivity contribution in [2.24, 2.45) is 11.8 Å². The molecule has 1 aliphatic rings. The van der Waals surface area contributed by atoms with Gasteiger partial charge in [0.15, 0.2) is 0 Å². The lowest BCUT2D eigenvalue weighted by Crippen LogP contribution is -2.44. The summed E-state index contributed by atoms with van der Waals surface area (Å²) in [6, 6.07) is -0.0156. The zero-order valence-corrected chi connectivity index (χ0v) is 9.99. The predicted octanol–water partition coefficient (Wildman–Crippen LogP) is 2.26. The highest BCUT2D eigenvalue weighted by Crippen LogP contribution is 2.30. The fourth-order valence-electron chi connectivity index (χ4n) is 2.41. The van der Waals surface area contributed by atoms with Crippen molar-refractivity contribution in [2.45, 2.75) is 58.5 Å². The second kappa shape index (κ2) is 5.50. The van der Waals surface area contributed by atoms with Crippen LogP contribution < -0.4 is 5.32 Å². The van der Waals surface area contributed by atoms with Gasteiger partial charge in [0.1, 0.15) is 6.04 Å². The number of nitrogens with one attached hydrogen (secondary N) is 1. The quantitative estimate of drug-likeness (QED) is 0.753. The SMILES string of the molecule is CC(C)C1CCCC(N[C@H](C)C(=O)O)C1.